The lowest BCUT2D eigenvalue weighted by Crippen LogP contribution is -2.29. The Balaban J connectivity index is 3.04. The van der Waals surface area contributed by atoms with Gasteiger partial charge >= 0.3 is 0 Å². The van der Waals surface area contributed by atoms with Crippen molar-refractivity contribution in [2.24, 2.45) is 0 Å². The zero-order valence-corrected chi connectivity index (χ0v) is 15.3. The summed E-state index contributed by atoms with van der Waals surface area (Å²) >= 11 is 0. The fourth-order valence-electron chi connectivity index (χ4n) is 2.18. The summed E-state index contributed by atoms with van der Waals surface area (Å²) in [6.45, 7) is 5.92. The van der Waals surface area contributed by atoms with Gasteiger partial charge in [-0.2, -0.15) is 8.42 Å². The van der Waals surface area contributed by atoms with Crippen LogP contribution < -0.4 is 0 Å². The molecule has 0 aromatic heterocycles. The Hall–Kier alpha value is -0.770. The topological polar surface area (TPSA) is 60.4 Å². The molecule has 1 rings (SSSR count). The Morgan fingerprint density at radius 1 is 1.05 bits per heavy atom. The van der Waals surface area contributed by atoms with Crippen LogP contribution in [0, 0.1) is 6.92 Å². The van der Waals surface area contributed by atoms with E-state index >= 15 is 0 Å². The molecular formula is C16H25O4PS. The van der Waals surface area contributed by atoms with Gasteiger partial charge in [0.05, 0.1) is 4.90 Å². The van der Waals surface area contributed by atoms with Crippen molar-refractivity contribution in [2.75, 3.05) is 0 Å². The molecule has 0 atom stereocenters. The van der Waals surface area contributed by atoms with Gasteiger partial charge in [-0.25, -0.2) is 4.18 Å². The predicted molar refractivity (Wildman–Crippen MR) is 88.8 cm³/mol. The minimum Gasteiger partial charge on any atom is -0.272 e. The maximum Gasteiger partial charge on any atom is 0.298 e. The number of unbranched alkanes of at least 4 members (excludes halogenated alkanes) is 2. The van der Waals surface area contributed by atoms with Gasteiger partial charge in [-0.15, -0.1) is 0 Å². The van der Waals surface area contributed by atoms with Crippen molar-refractivity contribution in [1.82, 2.24) is 0 Å². The van der Waals surface area contributed by atoms with E-state index in [0.29, 0.717) is 12.8 Å². The van der Waals surface area contributed by atoms with Crippen molar-refractivity contribution in [3.8, 4) is 0 Å². The summed E-state index contributed by atoms with van der Waals surface area (Å²) in [7, 11) is -4.18. The zero-order valence-electron chi connectivity index (χ0n) is 13.5. The summed E-state index contributed by atoms with van der Waals surface area (Å²) in [5, 5.41) is -1.14. The van der Waals surface area contributed by atoms with Crippen LogP contribution in [0.15, 0.2) is 29.2 Å². The molecule has 0 radical (unpaired) electrons. The Bertz CT molecular complexity index is 558. The molecule has 0 fully saturated rings. The first-order chi connectivity index (χ1) is 10.4. The van der Waals surface area contributed by atoms with E-state index in [2.05, 4.69) is 0 Å². The van der Waals surface area contributed by atoms with Gasteiger partial charge < -0.3 is 0 Å². The van der Waals surface area contributed by atoms with E-state index in [1.165, 1.54) is 12.1 Å². The summed E-state index contributed by atoms with van der Waals surface area (Å²) in [4.78, 5) is 0.110. The largest absolute Gasteiger partial charge is 0.298 e. The van der Waals surface area contributed by atoms with Crippen LogP contribution in [0.2, 0.25) is 0 Å². The van der Waals surface area contributed by atoms with Gasteiger partial charge in [-0.05, 0) is 44.7 Å². The number of aryl methyl sites for hydroxylation is 1. The molecule has 22 heavy (non-hydrogen) atoms. The van der Waals surface area contributed by atoms with Crippen LogP contribution >= 0.6 is 8.46 Å². The third kappa shape index (κ3) is 5.45. The van der Waals surface area contributed by atoms with E-state index in [9.17, 15) is 13.0 Å². The quantitative estimate of drug-likeness (QED) is 0.439. The molecule has 0 spiro atoms. The minimum absolute atomic E-state index is 0.110. The summed E-state index contributed by atoms with van der Waals surface area (Å²) in [6.07, 6.45) is 4.30. The van der Waals surface area contributed by atoms with E-state index in [-0.39, 0.29) is 13.4 Å². The van der Waals surface area contributed by atoms with Crippen LogP contribution in [0.1, 0.15) is 57.9 Å². The maximum atomic E-state index is 12.5. The highest BCUT2D eigenvalue weighted by molar-refractivity contribution is 7.87. The van der Waals surface area contributed by atoms with E-state index in [0.717, 1.165) is 31.2 Å². The minimum atomic E-state index is -3.91. The molecule has 0 aliphatic heterocycles. The molecule has 0 N–H and O–H groups in total. The lowest BCUT2D eigenvalue weighted by molar-refractivity contribution is 0.139. The number of rotatable bonds is 10. The summed E-state index contributed by atoms with van der Waals surface area (Å²) in [5.74, 6) is 0. The Morgan fingerprint density at radius 3 is 1.95 bits per heavy atom. The molecule has 0 bridgehead atoms. The second-order valence-electron chi connectivity index (χ2n) is 5.60. The second-order valence-corrected chi connectivity index (χ2v) is 8.14. The predicted octanol–water partition coefficient (Wildman–Crippen LogP) is 5.07. The zero-order chi connectivity index (χ0) is 16.6. The first-order valence-corrected chi connectivity index (χ1v) is 9.98. The molecule has 0 aliphatic carbocycles. The van der Waals surface area contributed by atoms with Crippen molar-refractivity contribution in [1.29, 1.82) is 0 Å². The third-order valence-electron chi connectivity index (χ3n) is 3.58. The fourth-order valence-corrected chi connectivity index (χ4v) is 4.23. The van der Waals surface area contributed by atoms with Gasteiger partial charge in [0.2, 0.25) is 0 Å². The van der Waals surface area contributed by atoms with Crippen LogP contribution in [0.25, 0.3) is 0 Å². The molecule has 6 heteroatoms. The highest BCUT2D eigenvalue weighted by atomic mass is 32.2. The normalized spacial score (nSPS) is 12.7. The molecule has 1 aromatic rings. The smallest absolute Gasteiger partial charge is 0.272 e. The Kier molecular flexibility index (Phi) is 7.67. The van der Waals surface area contributed by atoms with Gasteiger partial charge in [-0.1, -0.05) is 44.4 Å². The molecule has 124 valence electrons. The summed E-state index contributed by atoms with van der Waals surface area (Å²) < 4.78 is 42.1. The Labute approximate surface area is 135 Å². The molecule has 1 aromatic carbocycles. The molecule has 0 aliphatic rings. The maximum absolute atomic E-state index is 12.5. The van der Waals surface area contributed by atoms with Crippen LogP contribution in [-0.4, -0.2) is 13.8 Å². The van der Waals surface area contributed by atoms with Crippen LogP contribution in [0.5, 0.6) is 0 Å². The van der Waals surface area contributed by atoms with Gasteiger partial charge in [0.15, 0.2) is 13.8 Å². The van der Waals surface area contributed by atoms with E-state index in [4.69, 9.17) is 4.18 Å². The van der Waals surface area contributed by atoms with Gasteiger partial charge in [0.25, 0.3) is 10.1 Å². The van der Waals surface area contributed by atoms with E-state index in [1.807, 2.05) is 20.8 Å². The van der Waals surface area contributed by atoms with Crippen LogP contribution in [0.4, 0.5) is 0 Å². The van der Waals surface area contributed by atoms with Crippen molar-refractivity contribution >= 4 is 18.6 Å². The lowest BCUT2D eigenvalue weighted by atomic mass is 10.1. The summed E-state index contributed by atoms with van der Waals surface area (Å²) in [5.41, 5.74) is 0.976. The molecule has 4 nitrogen and oxygen atoms in total. The standard InChI is InChI=1S/C16H25O4PS/c1-4-6-12-16(21-17,13-7-5-2)20-22(18,19)15-10-8-14(3)9-11-15/h8-11H,4-7,12-13H2,1-3H3. The van der Waals surface area contributed by atoms with E-state index < -0.39 is 15.5 Å². The number of hydrogen-bond acceptors (Lipinski definition) is 4. The van der Waals surface area contributed by atoms with Crippen LogP contribution in [-0.2, 0) is 18.9 Å². The van der Waals surface area contributed by atoms with Crippen molar-refractivity contribution in [2.45, 2.75) is 69.5 Å². The molecule has 0 saturated heterocycles. The Morgan fingerprint density at radius 2 is 1.55 bits per heavy atom. The third-order valence-corrected chi connectivity index (χ3v) is 5.97. The van der Waals surface area contributed by atoms with E-state index in [1.54, 1.807) is 12.1 Å². The first-order valence-electron chi connectivity index (χ1n) is 7.76. The fraction of sp³-hybridized carbons (Fsp3) is 0.625. The average molecular weight is 344 g/mol. The molecule has 0 amide bonds. The van der Waals surface area contributed by atoms with Gasteiger partial charge in [0.1, 0.15) is 0 Å². The summed E-state index contributed by atoms with van der Waals surface area (Å²) in [6, 6.07) is 6.50. The average Bonchev–Trinajstić information content (AvgIpc) is 2.50. The molecule has 0 saturated carbocycles. The number of hydrogen-bond donors (Lipinski definition) is 0. The monoisotopic (exact) mass is 344 g/mol. The van der Waals surface area contributed by atoms with Crippen molar-refractivity contribution in [3.63, 3.8) is 0 Å². The lowest BCUT2D eigenvalue weighted by Gasteiger charge is -2.26. The highest BCUT2D eigenvalue weighted by Crippen LogP contribution is 2.39. The molecular weight excluding hydrogens is 319 g/mol. The molecule has 0 unspecified atom stereocenters. The van der Waals surface area contributed by atoms with Crippen molar-refractivity contribution in [3.05, 3.63) is 29.8 Å². The second kappa shape index (κ2) is 8.76. The SMILES string of the molecule is CCCCC(CCCC)(OS(=O)(=O)c1ccc(C)cc1)P=O. The highest BCUT2D eigenvalue weighted by Gasteiger charge is 2.37. The van der Waals surface area contributed by atoms with Gasteiger partial charge in [0, 0.05) is 0 Å². The molecule has 0 heterocycles. The van der Waals surface area contributed by atoms with Gasteiger partial charge in [-0.3, -0.25) is 4.57 Å². The first kappa shape index (κ1) is 19.3. The number of benzene rings is 1. The van der Waals surface area contributed by atoms with Crippen molar-refractivity contribution < 1.29 is 17.2 Å². The van der Waals surface area contributed by atoms with Crippen LogP contribution in [0.3, 0.4) is 0 Å².